The second-order valence-corrected chi connectivity index (χ2v) is 5.14. The molecule has 6 nitrogen and oxygen atoms in total. The van der Waals surface area contributed by atoms with Crippen molar-refractivity contribution in [1.29, 1.82) is 0 Å². The summed E-state index contributed by atoms with van der Waals surface area (Å²) in [6, 6.07) is 1.79. The molecule has 3 N–H and O–H groups in total. The lowest BCUT2D eigenvalue weighted by molar-refractivity contribution is -0.137. The zero-order valence-electron chi connectivity index (χ0n) is 11.3. The standard InChI is InChI=1S/C14H19N3O3/c15-14(20)11-8-16-6-5-12(11)17-7-1-2-10(9-17)3-4-13(18)19/h5-6,8,10H,1-4,7,9H2,(H2,15,20)(H,18,19). The van der Waals surface area contributed by atoms with Gasteiger partial charge in [-0.25, -0.2) is 0 Å². The first-order valence-electron chi connectivity index (χ1n) is 6.78. The number of carboxylic acids is 1. The van der Waals surface area contributed by atoms with Gasteiger partial charge < -0.3 is 15.7 Å². The fourth-order valence-corrected chi connectivity index (χ4v) is 2.70. The van der Waals surface area contributed by atoms with Crippen LogP contribution in [0.25, 0.3) is 0 Å². The van der Waals surface area contributed by atoms with Crippen LogP contribution in [0.4, 0.5) is 5.69 Å². The van der Waals surface area contributed by atoms with Crippen LogP contribution in [0.15, 0.2) is 18.5 Å². The molecule has 1 unspecified atom stereocenters. The quantitative estimate of drug-likeness (QED) is 0.844. The van der Waals surface area contributed by atoms with E-state index in [0.717, 1.165) is 31.6 Å². The molecule has 6 heteroatoms. The van der Waals surface area contributed by atoms with Gasteiger partial charge in [-0.05, 0) is 31.2 Å². The highest BCUT2D eigenvalue weighted by Gasteiger charge is 2.23. The molecule has 1 aromatic rings. The van der Waals surface area contributed by atoms with Crippen LogP contribution in [0.1, 0.15) is 36.0 Å². The Hall–Kier alpha value is -2.11. The van der Waals surface area contributed by atoms with Gasteiger partial charge in [0.15, 0.2) is 0 Å². The van der Waals surface area contributed by atoms with Crippen molar-refractivity contribution in [2.45, 2.75) is 25.7 Å². The number of anilines is 1. The van der Waals surface area contributed by atoms with Crippen molar-refractivity contribution >= 4 is 17.6 Å². The van der Waals surface area contributed by atoms with Crippen LogP contribution in [-0.4, -0.2) is 35.1 Å². The topological polar surface area (TPSA) is 96.5 Å². The number of hydrogen-bond donors (Lipinski definition) is 2. The molecule has 1 saturated heterocycles. The zero-order chi connectivity index (χ0) is 14.5. The fourth-order valence-electron chi connectivity index (χ4n) is 2.70. The minimum atomic E-state index is -0.760. The van der Waals surface area contributed by atoms with Gasteiger partial charge in [0.25, 0.3) is 5.91 Å². The Balaban J connectivity index is 2.09. The number of hydrogen-bond acceptors (Lipinski definition) is 4. The van der Waals surface area contributed by atoms with Crippen LogP contribution >= 0.6 is 0 Å². The number of aromatic nitrogens is 1. The van der Waals surface area contributed by atoms with E-state index in [0.29, 0.717) is 17.9 Å². The van der Waals surface area contributed by atoms with Gasteiger partial charge in [-0.3, -0.25) is 14.6 Å². The molecule has 1 amide bonds. The van der Waals surface area contributed by atoms with Crippen LogP contribution in [-0.2, 0) is 4.79 Å². The Morgan fingerprint density at radius 3 is 3.00 bits per heavy atom. The van der Waals surface area contributed by atoms with Crippen molar-refractivity contribution in [2.24, 2.45) is 11.7 Å². The van der Waals surface area contributed by atoms with Crippen LogP contribution in [0.5, 0.6) is 0 Å². The number of rotatable bonds is 5. The summed E-state index contributed by atoms with van der Waals surface area (Å²) in [7, 11) is 0. The first kappa shape index (κ1) is 14.3. The zero-order valence-corrected chi connectivity index (χ0v) is 11.3. The average Bonchev–Trinajstić information content (AvgIpc) is 2.45. The summed E-state index contributed by atoms with van der Waals surface area (Å²) in [5.74, 6) is -0.904. The van der Waals surface area contributed by atoms with Crippen molar-refractivity contribution in [1.82, 2.24) is 4.98 Å². The van der Waals surface area contributed by atoms with E-state index in [1.54, 1.807) is 12.3 Å². The van der Waals surface area contributed by atoms with E-state index in [-0.39, 0.29) is 6.42 Å². The first-order chi connectivity index (χ1) is 9.58. The second-order valence-electron chi connectivity index (χ2n) is 5.14. The monoisotopic (exact) mass is 277 g/mol. The fraction of sp³-hybridized carbons (Fsp3) is 0.500. The van der Waals surface area contributed by atoms with Gasteiger partial charge in [-0.15, -0.1) is 0 Å². The third-order valence-electron chi connectivity index (χ3n) is 3.69. The number of aliphatic carboxylic acids is 1. The highest BCUT2D eigenvalue weighted by atomic mass is 16.4. The minimum absolute atomic E-state index is 0.192. The van der Waals surface area contributed by atoms with Crippen LogP contribution in [0.3, 0.4) is 0 Å². The number of nitrogens with zero attached hydrogens (tertiary/aromatic N) is 2. The van der Waals surface area contributed by atoms with Gasteiger partial charge in [0.2, 0.25) is 0 Å². The third kappa shape index (κ3) is 3.46. The Kier molecular flexibility index (Phi) is 4.55. The normalized spacial score (nSPS) is 18.8. The van der Waals surface area contributed by atoms with E-state index in [9.17, 15) is 9.59 Å². The maximum Gasteiger partial charge on any atom is 0.303 e. The Labute approximate surface area is 117 Å². The van der Waals surface area contributed by atoms with Crippen molar-refractivity contribution < 1.29 is 14.7 Å². The average molecular weight is 277 g/mol. The summed E-state index contributed by atoms with van der Waals surface area (Å²) < 4.78 is 0. The van der Waals surface area contributed by atoms with Crippen molar-refractivity contribution in [3.63, 3.8) is 0 Å². The number of nitrogens with two attached hydrogens (primary N) is 1. The van der Waals surface area contributed by atoms with Crippen LogP contribution < -0.4 is 10.6 Å². The molecule has 108 valence electrons. The second kappa shape index (κ2) is 6.36. The van der Waals surface area contributed by atoms with Gasteiger partial charge in [-0.1, -0.05) is 0 Å². The number of piperidine rings is 1. The predicted molar refractivity (Wildman–Crippen MR) is 74.6 cm³/mol. The van der Waals surface area contributed by atoms with Crippen molar-refractivity contribution in [2.75, 3.05) is 18.0 Å². The Bertz CT molecular complexity index is 504. The number of primary amides is 1. The number of carbonyl (C=O) groups excluding carboxylic acids is 1. The van der Waals surface area contributed by atoms with E-state index in [1.807, 2.05) is 0 Å². The van der Waals surface area contributed by atoms with Crippen LogP contribution in [0.2, 0.25) is 0 Å². The van der Waals surface area contributed by atoms with Gasteiger partial charge in [0.1, 0.15) is 0 Å². The maximum absolute atomic E-state index is 11.4. The van der Waals surface area contributed by atoms with E-state index in [2.05, 4.69) is 9.88 Å². The molecule has 0 bridgehead atoms. The lowest BCUT2D eigenvalue weighted by Gasteiger charge is -2.35. The summed E-state index contributed by atoms with van der Waals surface area (Å²) >= 11 is 0. The molecule has 0 radical (unpaired) electrons. The Morgan fingerprint density at radius 1 is 1.50 bits per heavy atom. The van der Waals surface area contributed by atoms with Gasteiger partial charge in [0.05, 0.1) is 11.3 Å². The minimum Gasteiger partial charge on any atom is -0.481 e. The van der Waals surface area contributed by atoms with E-state index in [4.69, 9.17) is 10.8 Å². The van der Waals surface area contributed by atoms with Gasteiger partial charge in [-0.2, -0.15) is 0 Å². The summed E-state index contributed by atoms with van der Waals surface area (Å²) in [4.78, 5) is 28.1. The highest BCUT2D eigenvalue weighted by Crippen LogP contribution is 2.27. The molecule has 1 fully saturated rings. The van der Waals surface area contributed by atoms with Crippen molar-refractivity contribution in [3.05, 3.63) is 24.0 Å². The molecule has 1 aromatic heterocycles. The molecule has 1 aliphatic rings. The molecular weight excluding hydrogens is 258 g/mol. The third-order valence-corrected chi connectivity index (χ3v) is 3.69. The molecule has 0 aromatic carbocycles. The SMILES string of the molecule is NC(=O)c1cnccc1N1CCCC(CCC(=O)O)C1. The van der Waals surface area contributed by atoms with E-state index < -0.39 is 11.9 Å². The summed E-state index contributed by atoms with van der Waals surface area (Å²) in [5.41, 5.74) is 6.59. The molecule has 0 spiro atoms. The van der Waals surface area contributed by atoms with Crippen molar-refractivity contribution in [3.8, 4) is 0 Å². The molecule has 1 aliphatic heterocycles. The number of amides is 1. The lowest BCUT2D eigenvalue weighted by atomic mass is 9.93. The number of pyridine rings is 1. The predicted octanol–water partition coefficient (Wildman–Crippen LogP) is 1.26. The largest absolute Gasteiger partial charge is 0.481 e. The summed E-state index contributed by atoms with van der Waals surface area (Å²) in [5, 5.41) is 8.76. The van der Waals surface area contributed by atoms with Crippen LogP contribution in [0, 0.1) is 5.92 Å². The number of carboxylic acid groups (broad SMARTS) is 1. The first-order valence-corrected chi connectivity index (χ1v) is 6.78. The van der Waals surface area contributed by atoms with Gasteiger partial charge in [0, 0.05) is 31.9 Å². The molecule has 1 atom stereocenters. The highest BCUT2D eigenvalue weighted by molar-refractivity contribution is 5.98. The summed E-state index contributed by atoms with van der Waals surface area (Å²) in [6.45, 7) is 1.62. The molecular formula is C14H19N3O3. The molecule has 2 rings (SSSR count). The number of carbonyl (C=O) groups is 2. The maximum atomic E-state index is 11.4. The smallest absolute Gasteiger partial charge is 0.303 e. The molecule has 2 heterocycles. The summed E-state index contributed by atoms with van der Waals surface area (Å²) in [6.07, 6.45) is 6.01. The molecule has 0 saturated carbocycles. The van der Waals surface area contributed by atoms with E-state index in [1.165, 1.54) is 6.20 Å². The lowest BCUT2D eigenvalue weighted by Crippen LogP contribution is -2.37. The molecule has 20 heavy (non-hydrogen) atoms. The van der Waals surface area contributed by atoms with Gasteiger partial charge >= 0.3 is 5.97 Å². The Morgan fingerprint density at radius 2 is 2.30 bits per heavy atom. The molecule has 0 aliphatic carbocycles. The van der Waals surface area contributed by atoms with E-state index >= 15 is 0 Å².